The van der Waals surface area contributed by atoms with Crippen LogP contribution in [-0.4, -0.2) is 32.8 Å². The van der Waals surface area contributed by atoms with Gasteiger partial charge in [0, 0.05) is 0 Å². The van der Waals surface area contributed by atoms with Gasteiger partial charge >= 0.3 is 0 Å². The smallest absolute Gasteiger partial charge is 0.194 e. The van der Waals surface area contributed by atoms with Gasteiger partial charge in [-0.2, -0.15) is 0 Å². The van der Waals surface area contributed by atoms with Gasteiger partial charge in [0.25, 0.3) is 0 Å². The van der Waals surface area contributed by atoms with Gasteiger partial charge in [-0.3, -0.25) is 0 Å². The lowest BCUT2D eigenvalue weighted by molar-refractivity contribution is 0.0519. The Kier molecular flexibility index (Phi) is 5.69. The van der Waals surface area contributed by atoms with Crippen molar-refractivity contribution in [2.75, 3.05) is 0 Å². The Hall–Kier alpha value is 0.571. The molecule has 0 radical (unpaired) electrons. The van der Waals surface area contributed by atoms with Crippen molar-refractivity contribution in [2.24, 2.45) is 0 Å². The lowest BCUT2D eigenvalue weighted by Crippen LogP contribution is -2.50. The Balaban J connectivity index is 4.69. The van der Waals surface area contributed by atoms with Crippen LogP contribution >= 0.6 is 0 Å². The molecule has 0 aliphatic rings. The van der Waals surface area contributed by atoms with E-state index in [0.29, 0.717) is 0 Å². The van der Waals surface area contributed by atoms with Crippen molar-refractivity contribution in [3.8, 4) is 0 Å². The second kappa shape index (κ2) is 5.52. The summed E-state index contributed by atoms with van der Waals surface area (Å²) in [5.74, 6) is 0.0479. The second-order valence-corrected chi connectivity index (χ2v) is 18.8. The Morgan fingerprint density at radius 1 is 0.722 bits per heavy atom. The minimum Gasteiger partial charge on any atom is -0.397 e. The Bertz CT molecular complexity index is 247. The topological polar surface area (TPSA) is 18.5 Å². The Morgan fingerprint density at radius 3 is 1.11 bits per heavy atom. The Morgan fingerprint density at radius 2 is 0.944 bits per heavy atom. The molecule has 0 heterocycles. The molecule has 0 aromatic carbocycles. The fourth-order valence-corrected chi connectivity index (χ4v) is 7.30. The number of hydrogen-bond acceptors (Lipinski definition) is 2. The number of rotatable bonds is 4. The van der Waals surface area contributed by atoms with Crippen LogP contribution in [0.3, 0.4) is 0 Å². The molecule has 0 atom stereocenters. The van der Waals surface area contributed by atoms with Crippen LogP contribution in [0.15, 0.2) is 0 Å². The molecule has 0 amide bonds. The molecule has 0 unspecified atom stereocenters. The van der Waals surface area contributed by atoms with E-state index in [4.69, 9.17) is 8.85 Å². The maximum atomic E-state index is 6.35. The lowest BCUT2D eigenvalue weighted by Gasteiger charge is -2.43. The van der Waals surface area contributed by atoms with E-state index in [9.17, 15) is 0 Å². The van der Waals surface area contributed by atoms with E-state index in [-0.39, 0.29) is 16.0 Å². The van der Waals surface area contributed by atoms with E-state index < -0.39 is 16.6 Å². The molecule has 0 saturated carbocycles. The van der Waals surface area contributed by atoms with Gasteiger partial charge in [-0.25, -0.2) is 0 Å². The van der Waals surface area contributed by atoms with Gasteiger partial charge < -0.3 is 8.85 Å². The van der Waals surface area contributed by atoms with Crippen molar-refractivity contribution in [1.82, 2.24) is 0 Å². The quantitative estimate of drug-likeness (QED) is 0.583. The summed E-state index contributed by atoms with van der Waals surface area (Å²) in [5.41, 5.74) is 0. The molecule has 18 heavy (non-hydrogen) atoms. The average molecular weight is 307 g/mol. The van der Waals surface area contributed by atoms with Gasteiger partial charge in [0.15, 0.2) is 16.6 Å². The molecular formula is C13H34O2Si3. The first-order chi connectivity index (χ1) is 7.60. The van der Waals surface area contributed by atoms with Crippen LogP contribution in [0.5, 0.6) is 0 Å². The van der Waals surface area contributed by atoms with E-state index in [1.54, 1.807) is 0 Å². The van der Waals surface area contributed by atoms with E-state index in [1.807, 2.05) is 0 Å². The van der Waals surface area contributed by atoms with Crippen LogP contribution in [0, 0.1) is 0 Å². The summed E-state index contributed by atoms with van der Waals surface area (Å²) in [5, 5.41) is 0.513. The first kappa shape index (κ1) is 18.6. The van der Waals surface area contributed by atoms with E-state index in [1.165, 1.54) is 0 Å². The van der Waals surface area contributed by atoms with Gasteiger partial charge in [-0.05, 0) is 36.3 Å². The highest BCUT2D eigenvalue weighted by Crippen LogP contribution is 2.40. The van der Waals surface area contributed by atoms with Gasteiger partial charge in [0.05, 0.1) is 10.2 Å². The van der Waals surface area contributed by atoms with E-state index in [2.05, 4.69) is 67.7 Å². The van der Waals surface area contributed by atoms with Crippen molar-refractivity contribution in [1.29, 1.82) is 0 Å². The minimum absolute atomic E-state index is 0.0479. The van der Waals surface area contributed by atoms with Crippen LogP contribution < -0.4 is 0 Å². The molecule has 0 N–H and O–H groups in total. The molecule has 0 bridgehead atoms. The summed E-state index contributed by atoms with van der Waals surface area (Å²) in [7, 11) is -2.45. The molecule has 0 spiro atoms. The zero-order valence-corrected chi connectivity index (χ0v) is 18.4. The van der Waals surface area contributed by atoms with Gasteiger partial charge in [0.1, 0.15) is 5.91 Å². The van der Waals surface area contributed by atoms with Crippen molar-refractivity contribution >= 4 is 26.9 Å². The van der Waals surface area contributed by atoms with Crippen LogP contribution in [0.4, 0.5) is 0 Å². The van der Waals surface area contributed by atoms with E-state index in [0.717, 1.165) is 10.2 Å². The molecule has 0 aliphatic heterocycles. The molecule has 0 rings (SSSR count). The molecule has 0 aromatic heterocycles. The van der Waals surface area contributed by atoms with Crippen molar-refractivity contribution in [2.45, 2.75) is 83.7 Å². The first-order valence-electron chi connectivity index (χ1n) is 6.96. The van der Waals surface area contributed by atoms with Gasteiger partial charge in [-0.15, -0.1) is 0 Å². The normalized spacial score (nSPS) is 15.5. The summed E-state index contributed by atoms with van der Waals surface area (Å²) >= 11 is 0. The highest BCUT2D eigenvalue weighted by molar-refractivity contribution is 6.75. The van der Waals surface area contributed by atoms with Crippen LogP contribution in [0.25, 0.3) is 0 Å². The monoisotopic (exact) mass is 306 g/mol. The maximum absolute atomic E-state index is 6.35. The highest BCUT2D eigenvalue weighted by atomic mass is 28.4. The van der Waals surface area contributed by atoms with Crippen molar-refractivity contribution in [3.05, 3.63) is 0 Å². The van der Waals surface area contributed by atoms with Gasteiger partial charge in [-0.1, -0.05) is 41.5 Å². The standard InChI is InChI=1S/C13H34O2Si3/c1-12(2,3)17(7,8)14-11(16)15-18(9,10)13(4,5)6/h11H,1-10,16H3. The molecular weight excluding hydrogens is 272 g/mol. The average Bonchev–Trinajstić information content (AvgIpc) is 1.95. The van der Waals surface area contributed by atoms with Crippen LogP contribution in [-0.2, 0) is 8.85 Å². The summed E-state index contributed by atoms with van der Waals surface area (Å²) in [6.45, 7) is 22.9. The van der Waals surface area contributed by atoms with Crippen LogP contribution in [0.2, 0.25) is 36.3 Å². The third kappa shape index (κ3) is 4.92. The number of hydrogen-bond donors (Lipinski definition) is 0. The van der Waals surface area contributed by atoms with Crippen molar-refractivity contribution in [3.63, 3.8) is 0 Å². The molecule has 110 valence electrons. The second-order valence-electron chi connectivity index (χ2n) is 8.32. The third-order valence-corrected chi connectivity index (χ3v) is 15.0. The lowest BCUT2D eigenvalue weighted by atomic mass is 10.2. The van der Waals surface area contributed by atoms with Crippen LogP contribution in [0.1, 0.15) is 41.5 Å². The summed E-state index contributed by atoms with van der Waals surface area (Å²) in [6, 6.07) is 0. The predicted octanol–water partition coefficient (Wildman–Crippen LogP) is 3.68. The predicted molar refractivity (Wildman–Crippen MR) is 90.3 cm³/mol. The van der Waals surface area contributed by atoms with Crippen molar-refractivity contribution < 1.29 is 8.85 Å². The maximum Gasteiger partial charge on any atom is 0.194 e. The zero-order valence-electron chi connectivity index (χ0n) is 14.4. The third-order valence-electron chi connectivity index (χ3n) is 4.53. The summed E-state index contributed by atoms with van der Waals surface area (Å²) < 4.78 is 12.7. The fourth-order valence-electron chi connectivity index (χ4n) is 1.21. The molecule has 0 fully saturated rings. The molecule has 0 aliphatic carbocycles. The zero-order chi connectivity index (χ0) is 15.0. The van der Waals surface area contributed by atoms with E-state index >= 15 is 0 Å². The molecule has 0 saturated heterocycles. The minimum atomic E-state index is -1.69. The largest absolute Gasteiger partial charge is 0.397 e. The fraction of sp³-hybridized carbons (Fsp3) is 1.00. The summed E-state index contributed by atoms with van der Waals surface area (Å²) in [6.07, 6.45) is 0. The summed E-state index contributed by atoms with van der Waals surface area (Å²) in [4.78, 5) is 0. The highest BCUT2D eigenvalue weighted by Gasteiger charge is 2.42. The molecule has 2 nitrogen and oxygen atoms in total. The van der Waals surface area contributed by atoms with Gasteiger partial charge in [0.2, 0.25) is 0 Å². The SMILES string of the molecule is CC(C)(C)[Si](C)(C)OC([SiH3])O[Si](C)(C)C(C)(C)C. The molecule has 0 aromatic rings. The first-order valence-corrected chi connectivity index (χ1v) is 13.9. The Labute approximate surface area is 120 Å². The molecule has 5 heteroatoms.